The van der Waals surface area contributed by atoms with E-state index >= 15 is 0 Å². The van der Waals surface area contributed by atoms with Crippen LogP contribution in [0.1, 0.15) is 48.0 Å². The molecule has 10 heteroatoms. The van der Waals surface area contributed by atoms with Gasteiger partial charge in [0.05, 0.1) is 4.90 Å². The van der Waals surface area contributed by atoms with Gasteiger partial charge < -0.3 is 10.1 Å². The Labute approximate surface area is 177 Å². The van der Waals surface area contributed by atoms with E-state index in [-0.39, 0.29) is 22.3 Å². The Morgan fingerprint density at radius 1 is 1.24 bits per heavy atom. The molecule has 0 aliphatic carbocycles. The third-order valence-electron chi connectivity index (χ3n) is 3.31. The van der Waals surface area contributed by atoms with Crippen LogP contribution in [0.3, 0.4) is 0 Å². The van der Waals surface area contributed by atoms with Crippen LogP contribution in [0, 0.1) is 5.92 Å². The van der Waals surface area contributed by atoms with Crippen molar-refractivity contribution in [2.75, 3.05) is 0 Å². The van der Waals surface area contributed by atoms with Crippen molar-refractivity contribution < 1.29 is 23.3 Å². The summed E-state index contributed by atoms with van der Waals surface area (Å²) in [5.74, 6) is -1.45. The van der Waals surface area contributed by atoms with Crippen molar-refractivity contribution in [3.05, 3.63) is 29.3 Å². The zero-order valence-corrected chi connectivity index (χ0v) is 19.0. The molecule has 29 heavy (non-hydrogen) atoms. The van der Waals surface area contributed by atoms with E-state index in [4.69, 9.17) is 16.3 Å². The van der Waals surface area contributed by atoms with Crippen molar-refractivity contribution in [2.45, 2.75) is 64.5 Å². The summed E-state index contributed by atoms with van der Waals surface area (Å²) in [7, 11) is -3.64. The van der Waals surface area contributed by atoms with E-state index in [1.807, 2.05) is 13.8 Å². The van der Waals surface area contributed by atoms with Gasteiger partial charge in [-0.05, 0) is 51.3 Å². The molecule has 8 nitrogen and oxygen atoms in total. The van der Waals surface area contributed by atoms with Crippen LogP contribution in [0.5, 0.6) is 0 Å². The van der Waals surface area contributed by atoms with Crippen molar-refractivity contribution in [1.82, 2.24) is 10.0 Å². The molecule has 0 heterocycles. The number of amides is 3. The van der Waals surface area contributed by atoms with Gasteiger partial charge in [0, 0.05) is 11.9 Å². The molecule has 1 aromatic carbocycles. The Bertz CT molecular complexity index is 886. The molecule has 0 radical (unpaired) electrons. The Hall–Kier alpha value is -2.13. The number of ether oxygens (including phenoxy) is 1. The predicted molar refractivity (Wildman–Crippen MR) is 112 cm³/mol. The van der Waals surface area contributed by atoms with Gasteiger partial charge in [0.1, 0.15) is 11.6 Å². The first-order valence-corrected chi connectivity index (χ1v) is 11.0. The Morgan fingerprint density at radius 2 is 1.86 bits per heavy atom. The zero-order chi connectivity index (χ0) is 22.4. The van der Waals surface area contributed by atoms with Gasteiger partial charge in [-0.25, -0.2) is 9.00 Å². The number of halogens is 1. The maximum atomic E-state index is 13.3. The van der Waals surface area contributed by atoms with Crippen molar-refractivity contribution in [1.29, 1.82) is 0 Å². The standard InChI is InChI=1S/C19H28ClN3O5S/c1-12(2)10-16(21-18(26)28-19(4,5)6)17(25)23-29(27,22-13(3)24)15-9-7-8-14(20)11-15/h7-9,11-12,16H,10H2,1-6H3,(H,21,26)(H,22,23,24,25,27)/t16-,29?/m0/s1. The quantitative estimate of drug-likeness (QED) is 0.693. The van der Waals surface area contributed by atoms with Crippen LogP contribution in [0.4, 0.5) is 4.79 Å². The fourth-order valence-electron chi connectivity index (χ4n) is 2.30. The molecular formula is C19H28ClN3O5S. The molecule has 0 aliphatic heterocycles. The zero-order valence-electron chi connectivity index (χ0n) is 17.4. The molecule has 0 spiro atoms. The maximum absolute atomic E-state index is 13.3. The molecule has 0 aromatic heterocycles. The number of carbonyl (C=O) groups is 3. The number of benzene rings is 1. The van der Waals surface area contributed by atoms with Crippen molar-refractivity contribution >= 4 is 39.4 Å². The van der Waals surface area contributed by atoms with Crippen LogP contribution in [0.2, 0.25) is 5.02 Å². The van der Waals surface area contributed by atoms with E-state index in [0.29, 0.717) is 0 Å². The van der Waals surface area contributed by atoms with Gasteiger partial charge in [0.2, 0.25) is 5.91 Å². The van der Waals surface area contributed by atoms with E-state index in [1.54, 1.807) is 26.8 Å². The highest BCUT2D eigenvalue weighted by Gasteiger charge is 2.27. The monoisotopic (exact) mass is 445 g/mol. The summed E-state index contributed by atoms with van der Waals surface area (Å²) in [6, 6.07) is 4.82. The summed E-state index contributed by atoms with van der Waals surface area (Å²) >= 11 is 5.95. The first-order chi connectivity index (χ1) is 13.2. The highest BCUT2D eigenvalue weighted by atomic mass is 35.5. The molecule has 1 aromatic rings. The van der Waals surface area contributed by atoms with E-state index < -0.39 is 39.5 Å². The Balaban J connectivity index is 3.31. The van der Waals surface area contributed by atoms with Gasteiger partial charge >= 0.3 is 6.09 Å². The number of hydrogen-bond acceptors (Lipinski definition) is 5. The Morgan fingerprint density at radius 3 is 2.34 bits per heavy atom. The first kappa shape index (κ1) is 24.9. The molecule has 0 fully saturated rings. The number of hydrogen-bond donors (Lipinski definition) is 2. The van der Waals surface area contributed by atoms with Crippen molar-refractivity contribution in [3.63, 3.8) is 0 Å². The molecule has 3 amide bonds. The van der Waals surface area contributed by atoms with Gasteiger partial charge in [-0.1, -0.05) is 31.5 Å². The number of nitrogens with zero attached hydrogens (tertiary/aromatic N) is 1. The fraction of sp³-hybridized carbons (Fsp3) is 0.526. The minimum Gasteiger partial charge on any atom is -0.444 e. The normalized spacial score (nSPS) is 14.5. The van der Waals surface area contributed by atoms with Crippen LogP contribution >= 0.6 is 11.6 Å². The minimum absolute atomic E-state index is 0.0251. The summed E-state index contributed by atoms with van der Waals surface area (Å²) in [6.07, 6.45) is -0.548. The fourth-order valence-corrected chi connectivity index (χ4v) is 4.15. The highest BCUT2D eigenvalue weighted by Crippen LogP contribution is 2.18. The largest absolute Gasteiger partial charge is 0.444 e. The van der Waals surface area contributed by atoms with Crippen LogP contribution < -0.4 is 10.0 Å². The van der Waals surface area contributed by atoms with E-state index in [2.05, 4.69) is 14.4 Å². The second kappa shape index (κ2) is 10.1. The number of alkyl carbamates (subject to hydrolysis) is 1. The molecule has 1 rings (SSSR count). The summed E-state index contributed by atoms with van der Waals surface area (Å²) in [5, 5.41) is 2.75. The van der Waals surface area contributed by atoms with E-state index in [0.717, 1.165) is 6.92 Å². The van der Waals surface area contributed by atoms with Crippen LogP contribution in [0.25, 0.3) is 0 Å². The van der Waals surface area contributed by atoms with Gasteiger partial charge in [0.15, 0.2) is 9.92 Å². The first-order valence-electron chi connectivity index (χ1n) is 9.06. The van der Waals surface area contributed by atoms with Crippen molar-refractivity contribution in [2.24, 2.45) is 10.3 Å². The maximum Gasteiger partial charge on any atom is 0.408 e. The lowest BCUT2D eigenvalue weighted by Gasteiger charge is -2.23. The lowest BCUT2D eigenvalue weighted by Crippen LogP contribution is -2.44. The average Bonchev–Trinajstić information content (AvgIpc) is 2.51. The summed E-state index contributed by atoms with van der Waals surface area (Å²) in [5.41, 5.74) is -0.753. The number of rotatable bonds is 6. The minimum atomic E-state index is -3.64. The SMILES string of the molecule is CC(=O)NS(=O)(=NC(=O)[C@H](CC(C)C)NC(=O)OC(C)(C)C)c1cccc(Cl)c1. The molecule has 0 aliphatic rings. The van der Waals surface area contributed by atoms with Gasteiger partial charge in [-0.15, -0.1) is 4.36 Å². The van der Waals surface area contributed by atoms with Crippen LogP contribution in [-0.4, -0.2) is 33.8 Å². The second-order valence-electron chi connectivity index (χ2n) is 7.90. The van der Waals surface area contributed by atoms with E-state index in [1.165, 1.54) is 18.2 Å². The molecule has 0 bridgehead atoms. The summed E-state index contributed by atoms with van der Waals surface area (Å²) in [6.45, 7) is 9.96. The predicted octanol–water partition coefficient (Wildman–Crippen LogP) is 3.68. The third-order valence-corrected chi connectivity index (χ3v) is 5.44. The lowest BCUT2D eigenvalue weighted by atomic mass is 10.0. The third kappa shape index (κ3) is 8.82. The summed E-state index contributed by atoms with van der Waals surface area (Å²) < 4.78 is 24.6. The molecular weight excluding hydrogens is 418 g/mol. The highest BCUT2D eigenvalue weighted by molar-refractivity contribution is 7.92. The molecule has 2 atom stereocenters. The topological polar surface area (TPSA) is 114 Å². The van der Waals surface area contributed by atoms with E-state index in [9.17, 15) is 18.6 Å². The van der Waals surface area contributed by atoms with Crippen molar-refractivity contribution in [3.8, 4) is 0 Å². The Kier molecular flexibility index (Phi) is 8.65. The number of carbonyl (C=O) groups excluding carboxylic acids is 3. The van der Waals surface area contributed by atoms with Crippen LogP contribution in [0.15, 0.2) is 33.5 Å². The van der Waals surface area contributed by atoms with Crippen LogP contribution in [-0.2, 0) is 24.2 Å². The molecule has 1 unspecified atom stereocenters. The second-order valence-corrected chi connectivity index (χ2v) is 10.2. The average molecular weight is 446 g/mol. The van der Waals surface area contributed by atoms with Gasteiger partial charge in [-0.2, -0.15) is 0 Å². The lowest BCUT2D eigenvalue weighted by molar-refractivity contribution is -0.120. The molecule has 2 N–H and O–H groups in total. The molecule has 162 valence electrons. The van der Waals surface area contributed by atoms with Gasteiger partial charge in [-0.3, -0.25) is 14.3 Å². The summed E-state index contributed by atoms with van der Waals surface area (Å²) in [4.78, 5) is 36.6. The number of nitrogens with one attached hydrogen (secondary N) is 2. The smallest absolute Gasteiger partial charge is 0.408 e. The molecule has 0 saturated heterocycles. The van der Waals surface area contributed by atoms with Gasteiger partial charge in [0.25, 0.3) is 5.91 Å². The molecule has 0 saturated carbocycles.